The molecule has 2 aliphatic rings. The highest BCUT2D eigenvalue weighted by Gasteiger charge is 2.42. The molecule has 0 radical (unpaired) electrons. The van der Waals surface area contributed by atoms with Gasteiger partial charge in [0.2, 0.25) is 5.43 Å². The van der Waals surface area contributed by atoms with Gasteiger partial charge in [-0.25, -0.2) is 0 Å². The number of aryl methyl sites for hydroxylation is 1. The molecule has 1 aromatic carbocycles. The highest BCUT2D eigenvalue weighted by Crippen LogP contribution is 2.43. The van der Waals surface area contributed by atoms with Gasteiger partial charge in [0.1, 0.15) is 11.4 Å². The third-order valence-electron chi connectivity index (χ3n) is 6.37. The normalized spacial score (nSPS) is 29.6. The summed E-state index contributed by atoms with van der Waals surface area (Å²) in [6.07, 6.45) is 8.88. The first-order valence-corrected chi connectivity index (χ1v) is 10.1. The molecule has 1 heterocycles. The van der Waals surface area contributed by atoms with Crippen LogP contribution in [-0.2, 0) is 6.42 Å². The van der Waals surface area contributed by atoms with Gasteiger partial charge in [-0.3, -0.25) is 4.79 Å². The van der Waals surface area contributed by atoms with Crippen LogP contribution in [0.3, 0.4) is 0 Å². The van der Waals surface area contributed by atoms with Crippen LogP contribution in [0.15, 0.2) is 40.7 Å². The molecule has 1 aliphatic carbocycles. The maximum absolute atomic E-state index is 12.2. The van der Waals surface area contributed by atoms with E-state index in [1.807, 2.05) is 13.8 Å². The zero-order chi connectivity index (χ0) is 20.7. The lowest BCUT2D eigenvalue weighted by atomic mass is 9.75. The van der Waals surface area contributed by atoms with Crippen LogP contribution in [0.1, 0.15) is 58.1 Å². The van der Waals surface area contributed by atoms with E-state index >= 15 is 0 Å². The number of aromatic hydroxyl groups is 1. The minimum Gasteiger partial charge on any atom is -0.504 e. The zero-order valence-electron chi connectivity index (χ0n) is 17.6. The third kappa shape index (κ3) is 4.17. The summed E-state index contributed by atoms with van der Waals surface area (Å²) in [5, 5.41) is 20.8. The first-order chi connectivity index (χ1) is 13.0. The highest BCUT2D eigenvalue weighted by molar-refractivity contribution is 5.44. The van der Waals surface area contributed by atoms with E-state index in [0.29, 0.717) is 25.0 Å². The number of hydrogen-bond acceptors (Lipinski definition) is 4. The van der Waals surface area contributed by atoms with Gasteiger partial charge in [-0.1, -0.05) is 32.1 Å². The molecule has 0 bridgehead atoms. The minimum atomic E-state index is -0.534. The Morgan fingerprint density at radius 1 is 1.14 bits per heavy atom. The van der Waals surface area contributed by atoms with Crippen LogP contribution in [0.25, 0.3) is 0 Å². The van der Waals surface area contributed by atoms with Gasteiger partial charge in [0.05, 0.1) is 6.10 Å². The Morgan fingerprint density at radius 3 is 2.57 bits per heavy atom. The van der Waals surface area contributed by atoms with Gasteiger partial charge in [0.25, 0.3) is 0 Å². The van der Waals surface area contributed by atoms with Crippen molar-refractivity contribution in [1.29, 1.82) is 0 Å². The van der Waals surface area contributed by atoms with E-state index in [4.69, 9.17) is 4.74 Å². The summed E-state index contributed by atoms with van der Waals surface area (Å²) in [6, 6.07) is 2.92. The SMILES string of the molecule is CC1=CCC(C)(C)C=CCC2(C)Oc3cc(=O)c(O)cc(C)c3CC2CC1O. The smallest absolute Gasteiger partial charge is 0.223 e. The Hall–Kier alpha value is -2.07. The molecule has 4 nitrogen and oxygen atoms in total. The molecular formula is C24H32O4. The predicted octanol–water partition coefficient (Wildman–Crippen LogP) is 4.44. The number of fused-ring (bicyclic) bond motifs is 2. The molecule has 1 aromatic rings. The molecule has 152 valence electrons. The Labute approximate surface area is 167 Å². The summed E-state index contributed by atoms with van der Waals surface area (Å²) in [5.74, 6) is 0.372. The molecule has 0 saturated heterocycles. The topological polar surface area (TPSA) is 66.8 Å². The molecule has 0 fully saturated rings. The van der Waals surface area contributed by atoms with Crippen LogP contribution in [0.5, 0.6) is 11.5 Å². The summed E-state index contributed by atoms with van der Waals surface area (Å²) in [7, 11) is 0. The van der Waals surface area contributed by atoms with Gasteiger partial charge >= 0.3 is 0 Å². The van der Waals surface area contributed by atoms with Crippen LogP contribution in [0, 0.1) is 18.3 Å². The average molecular weight is 385 g/mol. The van der Waals surface area contributed by atoms with Gasteiger partial charge in [-0.05, 0) is 68.2 Å². The first kappa shape index (κ1) is 20.7. The van der Waals surface area contributed by atoms with Gasteiger partial charge in [-0.2, -0.15) is 0 Å². The van der Waals surface area contributed by atoms with Gasteiger partial charge in [0, 0.05) is 18.4 Å². The summed E-state index contributed by atoms with van der Waals surface area (Å²) >= 11 is 0. The molecule has 28 heavy (non-hydrogen) atoms. The van der Waals surface area contributed by atoms with Gasteiger partial charge < -0.3 is 14.9 Å². The standard InChI is InChI=1S/C24H32O4/c1-15-7-10-23(3,4)8-6-9-24(5)17(13-19(15)25)12-18-16(2)11-20(26)21(27)14-22(18)28-24/h6-8,11,14,17,19,25H,9-10,12-13H2,1-5H3,(H,26,27). The molecule has 0 aromatic heterocycles. The summed E-state index contributed by atoms with van der Waals surface area (Å²) in [4.78, 5) is 12.2. The largest absolute Gasteiger partial charge is 0.504 e. The van der Waals surface area contributed by atoms with E-state index in [0.717, 1.165) is 23.1 Å². The van der Waals surface area contributed by atoms with Crippen molar-refractivity contribution < 1.29 is 14.9 Å². The zero-order valence-corrected chi connectivity index (χ0v) is 17.6. The number of ether oxygens (including phenoxy) is 1. The van der Waals surface area contributed by atoms with E-state index in [-0.39, 0.29) is 17.1 Å². The van der Waals surface area contributed by atoms with Crippen LogP contribution >= 0.6 is 0 Å². The van der Waals surface area contributed by atoms with Crippen LogP contribution in [0.2, 0.25) is 0 Å². The molecule has 3 rings (SSSR count). The van der Waals surface area contributed by atoms with E-state index in [2.05, 4.69) is 39.0 Å². The Morgan fingerprint density at radius 2 is 1.86 bits per heavy atom. The molecular weight excluding hydrogens is 352 g/mol. The number of hydrogen-bond donors (Lipinski definition) is 2. The molecule has 2 N–H and O–H groups in total. The van der Waals surface area contributed by atoms with E-state index < -0.39 is 17.1 Å². The van der Waals surface area contributed by atoms with Gasteiger partial charge in [0.15, 0.2) is 5.75 Å². The summed E-state index contributed by atoms with van der Waals surface area (Å²) < 4.78 is 6.43. The van der Waals surface area contributed by atoms with Crippen LogP contribution < -0.4 is 10.2 Å². The number of aliphatic hydroxyl groups excluding tert-OH is 1. The lowest BCUT2D eigenvalue weighted by Gasteiger charge is -2.43. The van der Waals surface area contributed by atoms with Crippen molar-refractivity contribution in [1.82, 2.24) is 0 Å². The molecule has 4 heteroatoms. The van der Waals surface area contributed by atoms with E-state index in [1.165, 1.54) is 12.1 Å². The second-order valence-corrected chi connectivity index (χ2v) is 9.38. The molecule has 0 amide bonds. The molecule has 3 unspecified atom stereocenters. The number of rotatable bonds is 0. The van der Waals surface area contributed by atoms with Crippen molar-refractivity contribution in [3.8, 4) is 11.5 Å². The minimum absolute atomic E-state index is 0.000751. The molecule has 0 saturated carbocycles. The quantitative estimate of drug-likeness (QED) is 0.649. The predicted molar refractivity (Wildman–Crippen MR) is 112 cm³/mol. The first-order valence-electron chi connectivity index (χ1n) is 10.1. The fourth-order valence-corrected chi connectivity index (χ4v) is 4.22. The number of allylic oxidation sites excluding steroid dienone is 2. The van der Waals surface area contributed by atoms with Crippen LogP contribution in [-0.4, -0.2) is 21.9 Å². The molecule has 0 spiro atoms. The van der Waals surface area contributed by atoms with Crippen molar-refractivity contribution in [2.45, 2.75) is 72.0 Å². The molecule has 3 atom stereocenters. The van der Waals surface area contributed by atoms with Crippen molar-refractivity contribution in [2.75, 3.05) is 0 Å². The van der Waals surface area contributed by atoms with Crippen LogP contribution in [0.4, 0.5) is 0 Å². The molecule has 1 aliphatic heterocycles. The lowest BCUT2D eigenvalue weighted by Crippen LogP contribution is -2.46. The Bertz CT molecular complexity index is 881. The average Bonchev–Trinajstić information content (AvgIpc) is 2.70. The van der Waals surface area contributed by atoms with Crippen molar-refractivity contribution in [3.05, 3.63) is 57.3 Å². The van der Waals surface area contributed by atoms with Crippen molar-refractivity contribution in [2.24, 2.45) is 11.3 Å². The van der Waals surface area contributed by atoms with Gasteiger partial charge in [-0.15, -0.1) is 0 Å². The second kappa shape index (κ2) is 7.40. The maximum atomic E-state index is 12.2. The summed E-state index contributed by atoms with van der Waals surface area (Å²) in [6.45, 7) is 10.3. The monoisotopic (exact) mass is 384 g/mol. The summed E-state index contributed by atoms with van der Waals surface area (Å²) in [5.41, 5.74) is 1.80. The Balaban J connectivity index is 2.09. The van der Waals surface area contributed by atoms with Crippen molar-refractivity contribution in [3.63, 3.8) is 0 Å². The fourth-order valence-electron chi connectivity index (χ4n) is 4.22. The second-order valence-electron chi connectivity index (χ2n) is 9.38. The third-order valence-corrected chi connectivity index (χ3v) is 6.37. The lowest BCUT2D eigenvalue weighted by molar-refractivity contribution is -0.00739. The maximum Gasteiger partial charge on any atom is 0.223 e. The van der Waals surface area contributed by atoms with Crippen molar-refractivity contribution >= 4 is 0 Å². The fraction of sp³-hybridized carbons (Fsp3) is 0.542. The highest BCUT2D eigenvalue weighted by atomic mass is 16.5. The van der Waals surface area contributed by atoms with E-state index in [1.54, 1.807) is 0 Å². The van der Waals surface area contributed by atoms with E-state index in [9.17, 15) is 15.0 Å². The Kier molecular flexibility index (Phi) is 5.46. The number of aliphatic hydroxyl groups is 1.